The Balaban J connectivity index is 1.85. The molecule has 0 amide bonds. The summed E-state index contributed by atoms with van der Waals surface area (Å²) in [6.07, 6.45) is 0. The molecule has 0 aliphatic carbocycles. The van der Waals surface area contributed by atoms with Crippen molar-refractivity contribution >= 4 is 19.4 Å². The highest BCUT2D eigenvalue weighted by Crippen LogP contribution is 2.47. The first-order valence-corrected chi connectivity index (χ1v) is 9.44. The molecule has 0 saturated heterocycles. The van der Waals surface area contributed by atoms with Gasteiger partial charge in [0.25, 0.3) is 5.69 Å². The minimum Gasteiger partial charge on any atom is -0.480 e. The number of ether oxygens (including phenoxy) is 2. The Hall–Kier alpha value is -3.30. The van der Waals surface area contributed by atoms with Gasteiger partial charge in [-0.05, 0) is 31.2 Å². The highest BCUT2D eigenvalue weighted by molar-refractivity contribution is 7.52. The van der Waals surface area contributed by atoms with Crippen molar-refractivity contribution in [2.24, 2.45) is 0 Å². The molecule has 0 bridgehead atoms. The Labute approximate surface area is 158 Å². The van der Waals surface area contributed by atoms with Gasteiger partial charge in [-0.1, -0.05) is 0 Å². The summed E-state index contributed by atoms with van der Waals surface area (Å²) in [5.41, 5.74) is -0.189. The van der Waals surface area contributed by atoms with E-state index in [1.54, 1.807) is 0 Å². The number of benzene rings is 2. The Kier molecular flexibility index (Phi) is 5.39. The number of non-ortho nitro benzene ring substituents is 1. The number of hydrogen-bond donors (Lipinski definition) is 2. The molecule has 0 aromatic heterocycles. The van der Waals surface area contributed by atoms with E-state index >= 15 is 0 Å². The molecule has 0 radical (unpaired) electrons. The van der Waals surface area contributed by atoms with Gasteiger partial charge in [0.1, 0.15) is 17.5 Å². The van der Waals surface area contributed by atoms with Crippen LogP contribution in [0.1, 0.15) is 6.92 Å². The molecule has 11 nitrogen and oxygen atoms in total. The average Bonchev–Trinajstić information content (AvgIpc) is 3.09. The lowest BCUT2D eigenvalue weighted by atomic mass is 10.3. The van der Waals surface area contributed by atoms with E-state index in [-0.39, 0.29) is 24.0 Å². The number of rotatable bonds is 8. The van der Waals surface area contributed by atoms with Gasteiger partial charge in [-0.2, -0.15) is 5.09 Å². The van der Waals surface area contributed by atoms with E-state index in [2.05, 4.69) is 5.09 Å². The maximum atomic E-state index is 13.2. The quantitative estimate of drug-likeness (QED) is 0.378. The molecule has 0 spiro atoms. The van der Waals surface area contributed by atoms with Crippen LogP contribution < -0.4 is 23.6 Å². The lowest BCUT2D eigenvalue weighted by molar-refractivity contribution is -0.384. The van der Waals surface area contributed by atoms with Gasteiger partial charge in [-0.3, -0.25) is 14.9 Å². The summed E-state index contributed by atoms with van der Waals surface area (Å²) < 4.78 is 34.3. The summed E-state index contributed by atoms with van der Waals surface area (Å²) in [7, 11) is -4.23. The monoisotopic (exact) mass is 410 g/mol. The minimum absolute atomic E-state index is 0.0141. The molecule has 3 rings (SSSR count). The van der Waals surface area contributed by atoms with Crippen LogP contribution in [0.15, 0.2) is 42.5 Å². The van der Waals surface area contributed by atoms with Crippen molar-refractivity contribution in [3.63, 3.8) is 0 Å². The highest BCUT2D eigenvalue weighted by atomic mass is 31.2. The summed E-state index contributed by atoms with van der Waals surface area (Å²) in [6, 6.07) is 7.89. The maximum Gasteiger partial charge on any atom is 0.513 e. The van der Waals surface area contributed by atoms with Crippen molar-refractivity contribution in [2.45, 2.75) is 13.0 Å². The van der Waals surface area contributed by atoms with Crippen molar-refractivity contribution in [3.05, 3.63) is 52.6 Å². The van der Waals surface area contributed by atoms with Gasteiger partial charge in [-0.25, -0.2) is 4.57 Å². The van der Waals surface area contributed by atoms with E-state index in [9.17, 15) is 19.5 Å². The first kappa shape index (κ1) is 19.5. The Morgan fingerprint density at radius 1 is 1.18 bits per heavy atom. The SMILES string of the molecule is CC(NP(=O)(Oc1ccc([N+](=O)[O-])cc1)Oc1ccc2c(c1)OCO2)C(=O)O. The van der Waals surface area contributed by atoms with Crippen molar-refractivity contribution in [2.75, 3.05) is 6.79 Å². The lowest BCUT2D eigenvalue weighted by Crippen LogP contribution is -2.34. The molecule has 2 atom stereocenters. The number of fused-ring (bicyclic) bond motifs is 1. The van der Waals surface area contributed by atoms with Crippen LogP contribution in [0, 0.1) is 10.1 Å². The van der Waals surface area contributed by atoms with Crippen molar-refractivity contribution < 1.29 is 37.9 Å². The minimum atomic E-state index is -4.23. The van der Waals surface area contributed by atoms with Crippen LogP contribution in [0.4, 0.5) is 5.69 Å². The molecule has 148 valence electrons. The summed E-state index contributed by atoms with van der Waals surface area (Å²) in [6.45, 7) is 1.29. The maximum absolute atomic E-state index is 13.2. The smallest absolute Gasteiger partial charge is 0.480 e. The first-order valence-electron chi connectivity index (χ1n) is 7.90. The second-order valence-corrected chi connectivity index (χ2v) is 7.25. The molecule has 2 aromatic carbocycles. The fraction of sp³-hybridized carbons (Fsp3) is 0.188. The van der Waals surface area contributed by atoms with Gasteiger partial charge in [0.2, 0.25) is 6.79 Å². The third-order valence-electron chi connectivity index (χ3n) is 3.56. The molecule has 2 N–H and O–H groups in total. The third kappa shape index (κ3) is 4.51. The van der Waals surface area contributed by atoms with E-state index in [0.717, 1.165) is 12.1 Å². The molecule has 2 unspecified atom stereocenters. The number of carboxylic acids is 1. The molecule has 2 aromatic rings. The van der Waals surface area contributed by atoms with Gasteiger partial charge in [0.05, 0.1) is 4.92 Å². The number of aliphatic carboxylic acids is 1. The second-order valence-electron chi connectivity index (χ2n) is 5.64. The summed E-state index contributed by atoms with van der Waals surface area (Å²) in [4.78, 5) is 21.3. The number of carboxylic acid groups (broad SMARTS) is 1. The molecule has 12 heteroatoms. The molecule has 1 aliphatic heterocycles. The van der Waals surface area contributed by atoms with Crippen molar-refractivity contribution in [3.8, 4) is 23.0 Å². The van der Waals surface area contributed by atoms with Gasteiger partial charge in [0.15, 0.2) is 11.5 Å². The molecule has 0 saturated carbocycles. The largest absolute Gasteiger partial charge is 0.513 e. The summed E-state index contributed by atoms with van der Waals surface area (Å²) in [5, 5.41) is 22.1. The van der Waals surface area contributed by atoms with Gasteiger partial charge >= 0.3 is 13.7 Å². The lowest BCUT2D eigenvalue weighted by Gasteiger charge is -2.22. The van der Waals surface area contributed by atoms with Crippen molar-refractivity contribution in [1.29, 1.82) is 0 Å². The van der Waals surface area contributed by atoms with E-state index in [1.165, 1.54) is 37.3 Å². The second kappa shape index (κ2) is 7.75. The van der Waals surface area contributed by atoms with E-state index in [0.29, 0.717) is 11.5 Å². The van der Waals surface area contributed by atoms with Crippen LogP contribution in [0.25, 0.3) is 0 Å². The van der Waals surface area contributed by atoms with Gasteiger partial charge in [-0.15, -0.1) is 0 Å². The van der Waals surface area contributed by atoms with Crippen LogP contribution in [-0.4, -0.2) is 28.8 Å². The predicted molar refractivity (Wildman–Crippen MR) is 94.8 cm³/mol. The Morgan fingerprint density at radius 2 is 1.79 bits per heavy atom. The van der Waals surface area contributed by atoms with Crippen LogP contribution in [-0.2, 0) is 9.36 Å². The zero-order chi connectivity index (χ0) is 20.3. The zero-order valence-electron chi connectivity index (χ0n) is 14.4. The predicted octanol–water partition coefficient (Wildman–Crippen LogP) is 2.95. The number of nitro groups is 1. The van der Waals surface area contributed by atoms with Gasteiger partial charge < -0.3 is 23.6 Å². The summed E-state index contributed by atoms with van der Waals surface area (Å²) >= 11 is 0. The van der Waals surface area contributed by atoms with Crippen LogP contribution >= 0.6 is 7.75 Å². The number of hydrogen-bond acceptors (Lipinski definition) is 8. The van der Waals surface area contributed by atoms with Crippen LogP contribution in [0.5, 0.6) is 23.0 Å². The van der Waals surface area contributed by atoms with E-state index < -0.39 is 24.7 Å². The Morgan fingerprint density at radius 3 is 2.43 bits per heavy atom. The van der Waals surface area contributed by atoms with E-state index in [4.69, 9.17) is 23.6 Å². The molecular formula is C16H15N2O9P. The fourth-order valence-corrected chi connectivity index (χ4v) is 3.72. The topological polar surface area (TPSA) is 146 Å². The van der Waals surface area contributed by atoms with Crippen LogP contribution in [0.3, 0.4) is 0 Å². The number of nitro benzene ring substituents is 1. The summed E-state index contributed by atoms with van der Waals surface area (Å²) in [5.74, 6) is -0.364. The normalized spacial score (nSPS) is 15.3. The molecule has 1 heterocycles. The number of nitrogens with one attached hydrogen (secondary N) is 1. The number of nitrogens with zero attached hydrogens (tertiary/aromatic N) is 1. The molecular weight excluding hydrogens is 395 g/mol. The molecule has 28 heavy (non-hydrogen) atoms. The average molecular weight is 410 g/mol. The standard InChI is InChI=1S/C16H15N2O9P/c1-10(16(19)20)17-28(23,26-12-4-2-11(3-5-12)18(21)22)27-13-6-7-14-15(8-13)25-9-24-14/h2-8,10H,9H2,1H3,(H,17,23)(H,19,20). The first-order chi connectivity index (χ1) is 13.3. The number of carbonyl (C=O) groups is 1. The van der Waals surface area contributed by atoms with Gasteiger partial charge in [0, 0.05) is 18.2 Å². The molecule has 1 aliphatic rings. The molecule has 0 fully saturated rings. The highest BCUT2D eigenvalue weighted by Gasteiger charge is 2.33. The van der Waals surface area contributed by atoms with E-state index in [1.807, 2.05) is 0 Å². The van der Waals surface area contributed by atoms with Crippen LogP contribution in [0.2, 0.25) is 0 Å². The fourth-order valence-electron chi connectivity index (χ4n) is 2.20. The Bertz CT molecular complexity index is 948. The van der Waals surface area contributed by atoms with Crippen molar-refractivity contribution in [1.82, 2.24) is 5.09 Å². The zero-order valence-corrected chi connectivity index (χ0v) is 15.3. The third-order valence-corrected chi connectivity index (χ3v) is 5.17.